The number of allylic oxidation sites excluding steroid dienone is 3. The summed E-state index contributed by atoms with van der Waals surface area (Å²) in [5.41, 5.74) is -0.144. The van der Waals surface area contributed by atoms with Gasteiger partial charge in [-0.1, -0.05) is 68.9 Å². The lowest BCUT2D eigenvalue weighted by atomic mass is 9.49. The van der Waals surface area contributed by atoms with E-state index in [4.69, 9.17) is 28.5 Å². The van der Waals surface area contributed by atoms with E-state index in [0.717, 1.165) is 5.57 Å². The van der Waals surface area contributed by atoms with E-state index in [1.165, 1.54) is 6.92 Å². The van der Waals surface area contributed by atoms with E-state index >= 15 is 4.79 Å². The van der Waals surface area contributed by atoms with Gasteiger partial charge < -0.3 is 48.9 Å². The number of nitrogens with one attached hydrogen (secondary N) is 1. The van der Waals surface area contributed by atoms with Gasteiger partial charge in [-0.2, -0.15) is 0 Å². The molecule has 3 aliphatic heterocycles. The molecule has 0 aromatic carbocycles. The van der Waals surface area contributed by atoms with Gasteiger partial charge in [0.05, 0.1) is 48.7 Å². The Hall–Kier alpha value is -3.33. The summed E-state index contributed by atoms with van der Waals surface area (Å²) in [6.07, 6.45) is 4.11. The maximum atomic E-state index is 15.3. The fraction of sp³-hybridized carbons (Fsp3) is 0.729. The first-order chi connectivity index (χ1) is 30.5. The predicted molar refractivity (Wildman–Crippen MR) is 231 cm³/mol. The van der Waals surface area contributed by atoms with Gasteiger partial charge in [0.1, 0.15) is 17.4 Å². The van der Waals surface area contributed by atoms with Crippen LogP contribution in [-0.2, 0) is 42.9 Å². The molecule has 362 valence electrons. The molecule has 7 N–H and O–H groups in total. The largest absolute Gasteiger partial charge is 0.511 e. The number of ether oxygens (including phenoxy) is 5. The molecule has 1 saturated carbocycles. The molecule has 4 aliphatic carbocycles. The quantitative estimate of drug-likeness (QED) is 0.0757. The minimum atomic E-state index is -1.76. The standard InChI is InChI=1S/C48H70N2O15/c1-22-11-14-35(62-37-20-46(9,50(58)59)42(28(7)61-37)49-65-29(8)52)23(2)16-31-17-30(21-51)26(5)19-48(31)44(56)38(45(57)64-48)43(55)47(10)33(22)13-12-32-39(47)24(3)15-25(4)41(32)63-36-18-34(53)40(54)27(6)60-36/h11-13,16-17,24-28,31-37,39-42,49,51,53-55,58-59H,14-15,18-21H2,1-10H3/b22-11-,23-16+,43-38?/t24-,25-,26+,27?,28?,31+,32+,33-,34?,35-,36?,37?,39+,40?,41-,42?,46?,47-,48+/m0/s1. The molecule has 17 nitrogen and oxygen atoms in total. The van der Waals surface area contributed by atoms with Crippen LogP contribution in [0.2, 0.25) is 0 Å². The first-order valence-electron chi connectivity index (χ1n) is 23.1. The summed E-state index contributed by atoms with van der Waals surface area (Å²) in [4.78, 5) is 46.5. The minimum Gasteiger partial charge on any atom is -0.511 e. The lowest BCUT2D eigenvalue weighted by Crippen LogP contribution is -2.67. The normalized spacial score (nSPS) is 47.4. The molecule has 0 radical (unpaired) electrons. The van der Waals surface area contributed by atoms with Crippen molar-refractivity contribution in [3.05, 3.63) is 58.4 Å². The Morgan fingerprint density at radius 1 is 0.923 bits per heavy atom. The topological polar surface area (TPSA) is 243 Å². The number of aliphatic hydroxyl groups excluding tert-OH is 4. The summed E-state index contributed by atoms with van der Waals surface area (Å²) in [5.74, 6) is -5.07. The van der Waals surface area contributed by atoms with Gasteiger partial charge >= 0.3 is 11.9 Å². The number of fused-ring (bicyclic) bond motifs is 4. The van der Waals surface area contributed by atoms with Crippen LogP contribution in [0.4, 0.5) is 0 Å². The third-order valence-electron chi connectivity index (χ3n) is 16.0. The molecule has 3 heterocycles. The Morgan fingerprint density at radius 3 is 2.26 bits per heavy atom. The fourth-order valence-electron chi connectivity index (χ4n) is 12.5. The van der Waals surface area contributed by atoms with Gasteiger partial charge in [-0.05, 0) is 82.3 Å². The zero-order valence-electron chi connectivity index (χ0n) is 39.2. The molecule has 7 aliphatic rings. The second kappa shape index (κ2) is 18.6. The Bertz CT molecular complexity index is 2000. The Labute approximate surface area is 381 Å². The minimum absolute atomic E-state index is 0.00786. The number of Topliss-reactive ketones (excluding diaryl/α,β-unsaturated/α-hetero) is 1. The van der Waals surface area contributed by atoms with E-state index < -0.39 is 107 Å². The van der Waals surface area contributed by atoms with Gasteiger partial charge in [0, 0.05) is 49.4 Å². The predicted octanol–water partition coefficient (Wildman–Crippen LogP) is 4.67. The van der Waals surface area contributed by atoms with Crippen LogP contribution in [0.3, 0.4) is 0 Å². The van der Waals surface area contributed by atoms with Gasteiger partial charge in [-0.15, -0.1) is 5.48 Å². The molecule has 1 spiro atoms. The van der Waals surface area contributed by atoms with Crippen LogP contribution < -0.4 is 5.48 Å². The van der Waals surface area contributed by atoms with Crippen molar-refractivity contribution in [1.29, 1.82) is 0 Å². The molecule has 0 aromatic heterocycles. The van der Waals surface area contributed by atoms with Crippen LogP contribution in [0.5, 0.6) is 0 Å². The Balaban J connectivity index is 1.34. The lowest BCUT2D eigenvalue weighted by molar-refractivity contribution is -0.395. The maximum Gasteiger partial charge on any atom is 0.346 e. The van der Waals surface area contributed by atoms with E-state index in [1.807, 2.05) is 39.8 Å². The molecule has 0 aromatic rings. The van der Waals surface area contributed by atoms with E-state index in [-0.39, 0.29) is 72.9 Å². The molecule has 0 amide bonds. The smallest absolute Gasteiger partial charge is 0.346 e. The molecule has 7 rings (SSSR count). The molecule has 4 fully saturated rings. The van der Waals surface area contributed by atoms with Crippen molar-refractivity contribution in [1.82, 2.24) is 10.7 Å². The average Bonchev–Trinajstić information content (AvgIpc) is 3.47. The van der Waals surface area contributed by atoms with Crippen molar-refractivity contribution in [2.24, 2.45) is 46.8 Å². The van der Waals surface area contributed by atoms with Gasteiger partial charge in [-0.25, -0.2) is 4.79 Å². The first-order valence-corrected chi connectivity index (χ1v) is 23.1. The number of carbonyl (C=O) groups is 3. The van der Waals surface area contributed by atoms with Crippen LogP contribution in [0, 0.1) is 46.8 Å². The number of aliphatic hydroxyl groups is 4. The van der Waals surface area contributed by atoms with Crippen LogP contribution in [-0.4, -0.2) is 127 Å². The molecule has 3 saturated heterocycles. The molecular weight excluding hydrogens is 845 g/mol. The number of rotatable bonds is 8. The number of hydroxylamine groups is 3. The average molecular weight is 915 g/mol. The Morgan fingerprint density at radius 2 is 1.62 bits per heavy atom. The summed E-state index contributed by atoms with van der Waals surface area (Å²) in [7, 11) is 0. The zero-order valence-corrected chi connectivity index (χ0v) is 39.2. The summed E-state index contributed by atoms with van der Waals surface area (Å²) in [6.45, 7) is 17.6. The first kappa shape index (κ1) is 49.6. The van der Waals surface area contributed by atoms with Crippen molar-refractivity contribution in [2.45, 2.75) is 168 Å². The van der Waals surface area contributed by atoms with Crippen molar-refractivity contribution < 1.29 is 73.7 Å². The van der Waals surface area contributed by atoms with Gasteiger partial charge in [0.15, 0.2) is 18.2 Å². The second-order valence-corrected chi connectivity index (χ2v) is 20.5. The summed E-state index contributed by atoms with van der Waals surface area (Å²) >= 11 is 0. The maximum absolute atomic E-state index is 15.3. The number of carbonyl (C=O) groups excluding carboxylic acids is 3. The van der Waals surface area contributed by atoms with Crippen molar-refractivity contribution in [3.8, 4) is 0 Å². The Kier molecular flexibility index (Phi) is 14.2. The highest BCUT2D eigenvalue weighted by Crippen LogP contribution is 2.61. The van der Waals surface area contributed by atoms with Crippen molar-refractivity contribution in [3.63, 3.8) is 0 Å². The van der Waals surface area contributed by atoms with E-state index in [2.05, 4.69) is 25.4 Å². The van der Waals surface area contributed by atoms with E-state index in [9.17, 15) is 40.4 Å². The highest BCUT2D eigenvalue weighted by molar-refractivity contribution is 6.26. The number of ketones is 1. The highest BCUT2D eigenvalue weighted by Gasteiger charge is 2.64. The fourth-order valence-corrected chi connectivity index (χ4v) is 12.5. The molecule has 19 atom stereocenters. The molecular formula is C48H70N2O15. The number of hydrogen-bond acceptors (Lipinski definition) is 17. The van der Waals surface area contributed by atoms with Gasteiger partial charge in [-0.3, -0.25) is 20.0 Å². The molecule has 2 bridgehead atoms. The van der Waals surface area contributed by atoms with Crippen molar-refractivity contribution >= 4 is 17.7 Å². The molecule has 8 unspecified atom stereocenters. The van der Waals surface area contributed by atoms with E-state index in [1.54, 1.807) is 32.9 Å². The SMILES string of the molecule is CC(=O)ONC1C(C)OC(O[C@H]2C/C=C(/C)[C@@H]3C=C[C@H]4[C@@H](OC5CC(O)C(O)C(C)O5)[C@@H](C)C[C@H](C)[C@H]4[C@@]3(C)C(O)=C3C(=O)O[C@@]4(C[C@@H](C)C(CO)=C[C@H]4/C=C/2C)C3=O)CC1(C)N(O)O. The van der Waals surface area contributed by atoms with Gasteiger partial charge in [0.25, 0.3) is 0 Å². The highest BCUT2D eigenvalue weighted by atomic mass is 16.8. The monoisotopic (exact) mass is 914 g/mol. The van der Waals surface area contributed by atoms with Gasteiger partial charge in [0.2, 0.25) is 5.78 Å². The zero-order chi connectivity index (χ0) is 47.7. The third-order valence-corrected chi connectivity index (χ3v) is 16.0. The van der Waals surface area contributed by atoms with Crippen LogP contribution in [0.1, 0.15) is 101 Å². The number of nitrogens with zero attached hydrogens (tertiary/aromatic N) is 1. The summed E-state index contributed by atoms with van der Waals surface area (Å²) in [5, 5.41) is 65.7. The third kappa shape index (κ3) is 8.73. The summed E-state index contributed by atoms with van der Waals surface area (Å²) in [6, 6.07) is -0.892. The molecule has 65 heavy (non-hydrogen) atoms. The second-order valence-electron chi connectivity index (χ2n) is 20.5. The summed E-state index contributed by atoms with van der Waals surface area (Å²) < 4.78 is 32.1. The van der Waals surface area contributed by atoms with E-state index in [0.29, 0.717) is 17.6 Å². The number of esters is 1. The van der Waals surface area contributed by atoms with Crippen LogP contribution >= 0.6 is 0 Å². The van der Waals surface area contributed by atoms with Crippen LogP contribution in [0.25, 0.3) is 0 Å². The van der Waals surface area contributed by atoms with Crippen LogP contribution in [0.15, 0.2) is 58.4 Å². The molecule has 17 heteroatoms. The van der Waals surface area contributed by atoms with Crippen molar-refractivity contribution in [2.75, 3.05) is 6.61 Å². The lowest BCUT2D eigenvalue weighted by Gasteiger charge is -2.56. The number of hydrogen-bond donors (Lipinski definition) is 7.